The molecule has 1 aliphatic carbocycles. The van der Waals surface area contributed by atoms with Crippen molar-refractivity contribution < 1.29 is 23.4 Å². The Morgan fingerprint density at radius 1 is 1.21 bits per heavy atom. The number of methoxy groups -OCH3 is 1. The van der Waals surface area contributed by atoms with Crippen LogP contribution in [-0.2, 0) is 13.0 Å². The van der Waals surface area contributed by atoms with Crippen molar-refractivity contribution in [2.24, 2.45) is 0 Å². The number of anilines is 1. The van der Waals surface area contributed by atoms with Gasteiger partial charge in [-0.1, -0.05) is 6.07 Å². The van der Waals surface area contributed by atoms with Gasteiger partial charge in [0.25, 0.3) is 0 Å². The maximum absolute atomic E-state index is 13.9. The Bertz CT molecular complexity index is 1020. The molecule has 2 aromatic carbocycles. The van der Waals surface area contributed by atoms with Crippen LogP contribution in [0.25, 0.3) is 11.3 Å². The fourth-order valence-corrected chi connectivity index (χ4v) is 3.47. The van der Waals surface area contributed by atoms with Crippen molar-refractivity contribution in [3.63, 3.8) is 0 Å². The number of aliphatic hydroxyl groups is 1. The maximum atomic E-state index is 13.9. The molecule has 3 aromatic rings. The highest BCUT2D eigenvalue weighted by atomic mass is 19.1. The van der Waals surface area contributed by atoms with Crippen LogP contribution in [0.2, 0.25) is 0 Å². The first-order valence-corrected chi connectivity index (χ1v) is 9.31. The number of fused-ring (bicyclic) bond motifs is 3. The molecule has 0 unspecified atom stereocenters. The van der Waals surface area contributed by atoms with E-state index in [9.17, 15) is 8.78 Å². The molecular weight excluding hydrogens is 380 g/mol. The second kappa shape index (κ2) is 8.08. The third-order valence-corrected chi connectivity index (χ3v) is 4.95. The van der Waals surface area contributed by atoms with Gasteiger partial charge in [0.15, 0.2) is 17.3 Å². The molecule has 6 nitrogen and oxygen atoms in total. The smallest absolute Gasteiger partial charge is 0.161 e. The number of aromatic amines is 1. The van der Waals surface area contributed by atoms with Gasteiger partial charge in [-0.15, -0.1) is 0 Å². The SMILES string of the molecule is COc1cc2c(cc1OCCCO)Cc1c(NCc3c(F)cccc3F)n[nH]c1-2. The number of H-pyrrole nitrogens is 1. The standard InChI is InChI=1S/C21H21F2N3O3/c1-28-18-10-13-12(9-19(18)29-7-3-6-27)8-14-20(13)25-26-21(14)24-11-15-16(22)4-2-5-17(15)23/h2,4-5,9-10,27H,3,6-8,11H2,1H3,(H2,24,25,26). The zero-order valence-corrected chi connectivity index (χ0v) is 15.9. The highest BCUT2D eigenvalue weighted by Crippen LogP contribution is 2.44. The van der Waals surface area contributed by atoms with Crippen LogP contribution in [0.3, 0.4) is 0 Å². The summed E-state index contributed by atoms with van der Waals surface area (Å²) in [5.74, 6) is 0.568. The van der Waals surface area contributed by atoms with Crippen molar-refractivity contribution in [2.75, 3.05) is 25.6 Å². The van der Waals surface area contributed by atoms with E-state index in [4.69, 9.17) is 14.6 Å². The van der Waals surface area contributed by atoms with Gasteiger partial charge in [0, 0.05) is 42.7 Å². The molecule has 0 radical (unpaired) electrons. The van der Waals surface area contributed by atoms with Crippen LogP contribution in [0, 0.1) is 11.6 Å². The second-order valence-electron chi connectivity index (χ2n) is 6.74. The molecule has 1 aromatic heterocycles. The molecule has 0 spiro atoms. The van der Waals surface area contributed by atoms with E-state index in [0.29, 0.717) is 36.8 Å². The van der Waals surface area contributed by atoms with E-state index >= 15 is 0 Å². The summed E-state index contributed by atoms with van der Waals surface area (Å²) in [6, 6.07) is 7.60. The molecule has 1 heterocycles. The molecular formula is C21H21F2N3O3. The Kier molecular flexibility index (Phi) is 5.35. The van der Waals surface area contributed by atoms with E-state index in [2.05, 4.69) is 15.5 Å². The topological polar surface area (TPSA) is 79.4 Å². The number of hydrogen-bond donors (Lipinski definition) is 3. The lowest BCUT2D eigenvalue weighted by molar-refractivity contribution is 0.228. The monoisotopic (exact) mass is 401 g/mol. The van der Waals surface area contributed by atoms with E-state index in [0.717, 1.165) is 22.4 Å². The first kappa shape index (κ1) is 19.2. The van der Waals surface area contributed by atoms with Gasteiger partial charge >= 0.3 is 0 Å². The van der Waals surface area contributed by atoms with Crippen LogP contribution in [0.5, 0.6) is 11.5 Å². The highest BCUT2D eigenvalue weighted by molar-refractivity contribution is 5.80. The quantitative estimate of drug-likeness (QED) is 0.393. The lowest BCUT2D eigenvalue weighted by Crippen LogP contribution is -2.06. The summed E-state index contributed by atoms with van der Waals surface area (Å²) in [6.45, 7) is 0.436. The van der Waals surface area contributed by atoms with Crippen LogP contribution in [0.15, 0.2) is 30.3 Å². The lowest BCUT2D eigenvalue weighted by atomic mass is 10.1. The Labute approximate surface area is 166 Å². The van der Waals surface area contributed by atoms with Crippen LogP contribution < -0.4 is 14.8 Å². The number of nitrogens with one attached hydrogen (secondary N) is 2. The summed E-state index contributed by atoms with van der Waals surface area (Å²) in [5.41, 5.74) is 3.72. The summed E-state index contributed by atoms with van der Waals surface area (Å²) < 4.78 is 38.9. The third-order valence-electron chi connectivity index (χ3n) is 4.95. The van der Waals surface area contributed by atoms with E-state index in [1.165, 1.54) is 18.2 Å². The van der Waals surface area contributed by atoms with Crippen LogP contribution in [-0.4, -0.2) is 35.6 Å². The number of benzene rings is 2. The van der Waals surface area contributed by atoms with Crippen molar-refractivity contribution in [3.8, 4) is 22.8 Å². The van der Waals surface area contributed by atoms with Crippen molar-refractivity contribution in [2.45, 2.75) is 19.4 Å². The minimum Gasteiger partial charge on any atom is -0.493 e. The Balaban J connectivity index is 1.56. The molecule has 4 rings (SSSR count). The van der Waals surface area contributed by atoms with Gasteiger partial charge in [0.1, 0.15) is 11.6 Å². The largest absolute Gasteiger partial charge is 0.493 e. The normalized spacial score (nSPS) is 11.9. The molecule has 0 aliphatic heterocycles. The van der Waals surface area contributed by atoms with Gasteiger partial charge in [0.2, 0.25) is 0 Å². The van der Waals surface area contributed by atoms with Crippen molar-refractivity contribution in [1.29, 1.82) is 0 Å². The maximum Gasteiger partial charge on any atom is 0.161 e. The summed E-state index contributed by atoms with van der Waals surface area (Å²) in [6.07, 6.45) is 1.13. The molecule has 0 saturated heterocycles. The van der Waals surface area contributed by atoms with E-state index < -0.39 is 11.6 Å². The summed E-state index contributed by atoms with van der Waals surface area (Å²) in [5, 5.41) is 19.2. The van der Waals surface area contributed by atoms with Gasteiger partial charge in [-0.05, 0) is 29.8 Å². The van der Waals surface area contributed by atoms with Crippen LogP contribution in [0.4, 0.5) is 14.6 Å². The predicted octanol–water partition coefficient (Wildman–Crippen LogP) is 3.64. The van der Waals surface area contributed by atoms with Gasteiger partial charge in [-0.25, -0.2) is 8.78 Å². The first-order valence-electron chi connectivity index (χ1n) is 9.31. The predicted molar refractivity (Wildman–Crippen MR) is 104 cm³/mol. The highest BCUT2D eigenvalue weighted by Gasteiger charge is 2.27. The molecule has 0 fully saturated rings. The Hall–Kier alpha value is -3.13. The second-order valence-corrected chi connectivity index (χ2v) is 6.74. The average molecular weight is 401 g/mol. The molecule has 0 saturated carbocycles. The Morgan fingerprint density at radius 2 is 2.00 bits per heavy atom. The molecule has 0 atom stereocenters. The molecule has 8 heteroatoms. The average Bonchev–Trinajstić information content (AvgIpc) is 3.26. The number of aliphatic hydroxyl groups excluding tert-OH is 1. The van der Waals surface area contributed by atoms with Gasteiger partial charge in [-0.3, -0.25) is 5.10 Å². The van der Waals surface area contributed by atoms with E-state index in [1.807, 2.05) is 12.1 Å². The molecule has 0 amide bonds. The Morgan fingerprint density at radius 3 is 2.72 bits per heavy atom. The summed E-state index contributed by atoms with van der Waals surface area (Å²) >= 11 is 0. The number of hydrogen-bond acceptors (Lipinski definition) is 5. The zero-order chi connectivity index (χ0) is 20.4. The first-order chi connectivity index (χ1) is 14.1. The molecule has 1 aliphatic rings. The molecule has 29 heavy (non-hydrogen) atoms. The van der Waals surface area contributed by atoms with Gasteiger partial charge in [0.05, 0.1) is 19.4 Å². The summed E-state index contributed by atoms with van der Waals surface area (Å²) in [4.78, 5) is 0. The molecule has 3 N–H and O–H groups in total. The van der Waals surface area contributed by atoms with Crippen LogP contribution >= 0.6 is 0 Å². The van der Waals surface area contributed by atoms with E-state index in [1.54, 1.807) is 7.11 Å². The lowest BCUT2D eigenvalue weighted by Gasteiger charge is -2.12. The molecule has 0 bridgehead atoms. The number of aromatic nitrogens is 2. The minimum atomic E-state index is -0.595. The third kappa shape index (κ3) is 3.63. The van der Waals surface area contributed by atoms with Gasteiger partial charge < -0.3 is 19.9 Å². The molecule has 152 valence electrons. The zero-order valence-electron chi connectivity index (χ0n) is 15.9. The van der Waals surface area contributed by atoms with Crippen molar-refractivity contribution >= 4 is 5.82 Å². The van der Waals surface area contributed by atoms with Crippen molar-refractivity contribution in [1.82, 2.24) is 10.2 Å². The fraction of sp³-hybridized carbons (Fsp3) is 0.286. The fourth-order valence-electron chi connectivity index (χ4n) is 3.47. The van der Waals surface area contributed by atoms with E-state index in [-0.39, 0.29) is 18.7 Å². The number of nitrogens with zero attached hydrogens (tertiary/aromatic N) is 1. The van der Waals surface area contributed by atoms with Crippen molar-refractivity contribution in [3.05, 3.63) is 58.7 Å². The summed E-state index contributed by atoms with van der Waals surface area (Å²) in [7, 11) is 1.57. The van der Waals surface area contributed by atoms with Crippen LogP contribution in [0.1, 0.15) is 23.1 Å². The number of rotatable bonds is 8. The minimum absolute atomic E-state index is 0.00894. The number of ether oxygens (including phenoxy) is 2. The van der Waals surface area contributed by atoms with Gasteiger partial charge in [-0.2, -0.15) is 5.10 Å². The number of halogens is 2.